The molecule has 1 amide bonds. The fraction of sp³-hybridized carbons (Fsp3) is 0.435. The van der Waals surface area contributed by atoms with Crippen molar-refractivity contribution in [2.75, 3.05) is 32.8 Å². The van der Waals surface area contributed by atoms with E-state index in [4.69, 9.17) is 9.47 Å². The summed E-state index contributed by atoms with van der Waals surface area (Å²) in [6.45, 7) is 5.98. The first kappa shape index (κ1) is 18.8. The number of para-hydroxylation sites is 2. The lowest BCUT2D eigenvalue weighted by molar-refractivity contribution is 0.0681. The lowest BCUT2D eigenvalue weighted by Gasteiger charge is -2.33. The molecule has 2 aliphatic heterocycles. The fourth-order valence-electron chi connectivity index (χ4n) is 3.91. The lowest BCUT2D eigenvalue weighted by Crippen LogP contribution is -2.43. The Balaban J connectivity index is 1.19. The van der Waals surface area contributed by atoms with E-state index in [1.165, 1.54) is 0 Å². The second-order valence-corrected chi connectivity index (χ2v) is 7.76. The summed E-state index contributed by atoms with van der Waals surface area (Å²) in [6, 6.07) is 15.7. The van der Waals surface area contributed by atoms with Gasteiger partial charge in [0.05, 0.1) is 0 Å². The molecule has 28 heavy (non-hydrogen) atoms. The molecule has 0 spiro atoms. The molecule has 4 rings (SSSR count). The number of likely N-dealkylation sites (tertiary alicyclic amines) is 1. The van der Waals surface area contributed by atoms with Gasteiger partial charge in [0, 0.05) is 25.2 Å². The minimum atomic E-state index is 0.0397. The van der Waals surface area contributed by atoms with Gasteiger partial charge in [-0.2, -0.15) is 0 Å². The molecule has 2 aromatic rings. The largest absolute Gasteiger partial charge is 0.486 e. The summed E-state index contributed by atoms with van der Waals surface area (Å²) in [5, 5.41) is 3.53. The van der Waals surface area contributed by atoms with Crippen LogP contribution in [0.1, 0.15) is 28.8 Å². The maximum Gasteiger partial charge on any atom is 0.253 e. The zero-order chi connectivity index (χ0) is 19.3. The fourth-order valence-corrected chi connectivity index (χ4v) is 3.91. The molecular weight excluding hydrogens is 352 g/mol. The van der Waals surface area contributed by atoms with Gasteiger partial charge in [0.25, 0.3) is 5.91 Å². The van der Waals surface area contributed by atoms with E-state index >= 15 is 0 Å². The summed E-state index contributed by atoms with van der Waals surface area (Å²) in [5.74, 6) is 2.40. The summed E-state index contributed by atoms with van der Waals surface area (Å²) < 4.78 is 11.7. The van der Waals surface area contributed by atoms with Crippen LogP contribution in [0.15, 0.2) is 48.5 Å². The van der Waals surface area contributed by atoms with Gasteiger partial charge in [-0.25, -0.2) is 0 Å². The van der Waals surface area contributed by atoms with Crippen molar-refractivity contribution >= 4 is 5.91 Å². The smallest absolute Gasteiger partial charge is 0.253 e. The number of amides is 1. The third-order valence-electron chi connectivity index (χ3n) is 5.54. The SMILES string of the molecule is Cc1cccc(C(=O)N2CCC(CNCC3COc4ccccc4O3)CC2)c1. The molecule has 1 saturated heterocycles. The predicted molar refractivity (Wildman–Crippen MR) is 109 cm³/mol. The Morgan fingerprint density at radius 1 is 1.07 bits per heavy atom. The van der Waals surface area contributed by atoms with E-state index in [2.05, 4.69) is 5.32 Å². The Morgan fingerprint density at radius 3 is 2.64 bits per heavy atom. The molecule has 0 aliphatic carbocycles. The Bertz CT molecular complexity index is 815. The number of carbonyl (C=O) groups excluding carboxylic acids is 1. The van der Waals surface area contributed by atoms with Crippen molar-refractivity contribution in [3.05, 3.63) is 59.7 Å². The van der Waals surface area contributed by atoms with Crippen molar-refractivity contribution in [1.29, 1.82) is 0 Å². The monoisotopic (exact) mass is 380 g/mol. The summed E-state index contributed by atoms with van der Waals surface area (Å²) in [7, 11) is 0. The second-order valence-electron chi connectivity index (χ2n) is 7.76. The molecule has 0 saturated carbocycles. The van der Waals surface area contributed by atoms with Gasteiger partial charge in [-0.3, -0.25) is 4.79 Å². The van der Waals surface area contributed by atoms with Crippen LogP contribution in [-0.4, -0.2) is 49.7 Å². The van der Waals surface area contributed by atoms with Crippen molar-refractivity contribution in [1.82, 2.24) is 10.2 Å². The highest BCUT2D eigenvalue weighted by molar-refractivity contribution is 5.94. The van der Waals surface area contributed by atoms with E-state index in [0.717, 1.165) is 61.6 Å². The van der Waals surface area contributed by atoms with E-state index in [1.807, 2.05) is 60.4 Å². The summed E-state index contributed by atoms with van der Waals surface area (Å²) in [6.07, 6.45) is 2.11. The zero-order valence-corrected chi connectivity index (χ0v) is 16.4. The van der Waals surface area contributed by atoms with Crippen LogP contribution in [0.2, 0.25) is 0 Å². The van der Waals surface area contributed by atoms with Gasteiger partial charge in [0.1, 0.15) is 12.7 Å². The van der Waals surface area contributed by atoms with Gasteiger partial charge in [-0.15, -0.1) is 0 Å². The molecule has 2 aliphatic rings. The number of piperidine rings is 1. The van der Waals surface area contributed by atoms with Crippen molar-refractivity contribution in [2.24, 2.45) is 5.92 Å². The second kappa shape index (κ2) is 8.65. The van der Waals surface area contributed by atoms with Gasteiger partial charge in [0.2, 0.25) is 0 Å². The number of rotatable bonds is 5. The first-order valence-corrected chi connectivity index (χ1v) is 10.1. The number of hydrogen-bond donors (Lipinski definition) is 1. The third-order valence-corrected chi connectivity index (χ3v) is 5.54. The van der Waals surface area contributed by atoms with Crippen LogP contribution >= 0.6 is 0 Å². The van der Waals surface area contributed by atoms with Crippen LogP contribution in [0.4, 0.5) is 0 Å². The highest BCUT2D eigenvalue weighted by atomic mass is 16.6. The van der Waals surface area contributed by atoms with Crippen LogP contribution < -0.4 is 14.8 Å². The highest BCUT2D eigenvalue weighted by Crippen LogP contribution is 2.30. The number of carbonyl (C=O) groups is 1. The average molecular weight is 380 g/mol. The van der Waals surface area contributed by atoms with Crippen molar-refractivity contribution < 1.29 is 14.3 Å². The van der Waals surface area contributed by atoms with Crippen LogP contribution in [-0.2, 0) is 0 Å². The van der Waals surface area contributed by atoms with Gasteiger partial charge in [0.15, 0.2) is 11.5 Å². The Hall–Kier alpha value is -2.53. The number of nitrogens with zero attached hydrogens (tertiary/aromatic N) is 1. The summed E-state index contributed by atoms with van der Waals surface area (Å²) >= 11 is 0. The molecule has 148 valence electrons. The Labute approximate surface area is 166 Å². The topological polar surface area (TPSA) is 50.8 Å². The van der Waals surface area contributed by atoms with Gasteiger partial charge in [-0.05, 0) is 56.5 Å². The maximum absolute atomic E-state index is 12.7. The van der Waals surface area contributed by atoms with Gasteiger partial charge >= 0.3 is 0 Å². The quantitative estimate of drug-likeness (QED) is 0.865. The van der Waals surface area contributed by atoms with Crippen molar-refractivity contribution in [3.8, 4) is 11.5 Å². The number of fused-ring (bicyclic) bond motifs is 1. The molecular formula is C23H28N2O3. The molecule has 0 bridgehead atoms. The molecule has 5 heteroatoms. The molecule has 1 unspecified atom stereocenters. The minimum absolute atomic E-state index is 0.0397. The van der Waals surface area contributed by atoms with Gasteiger partial charge < -0.3 is 19.7 Å². The maximum atomic E-state index is 12.7. The molecule has 5 nitrogen and oxygen atoms in total. The van der Waals surface area contributed by atoms with Crippen LogP contribution in [0.3, 0.4) is 0 Å². The van der Waals surface area contributed by atoms with Crippen molar-refractivity contribution in [3.63, 3.8) is 0 Å². The van der Waals surface area contributed by atoms with E-state index in [-0.39, 0.29) is 12.0 Å². The number of aryl methyl sites for hydroxylation is 1. The van der Waals surface area contributed by atoms with Gasteiger partial charge in [-0.1, -0.05) is 29.8 Å². The number of nitrogens with one attached hydrogen (secondary N) is 1. The molecule has 0 aromatic heterocycles. The zero-order valence-electron chi connectivity index (χ0n) is 16.4. The molecule has 1 atom stereocenters. The molecule has 1 N–H and O–H groups in total. The highest BCUT2D eigenvalue weighted by Gasteiger charge is 2.25. The van der Waals surface area contributed by atoms with Crippen LogP contribution in [0.25, 0.3) is 0 Å². The molecule has 2 aromatic carbocycles. The minimum Gasteiger partial charge on any atom is -0.486 e. The predicted octanol–water partition coefficient (Wildman–Crippen LogP) is 3.28. The first-order chi connectivity index (χ1) is 13.7. The average Bonchev–Trinajstić information content (AvgIpc) is 2.74. The summed E-state index contributed by atoms with van der Waals surface area (Å²) in [4.78, 5) is 14.6. The van der Waals surface area contributed by atoms with E-state index in [9.17, 15) is 4.79 Å². The van der Waals surface area contributed by atoms with E-state index < -0.39 is 0 Å². The number of hydrogen-bond acceptors (Lipinski definition) is 4. The first-order valence-electron chi connectivity index (χ1n) is 10.1. The van der Waals surface area contributed by atoms with Crippen LogP contribution in [0, 0.1) is 12.8 Å². The van der Waals surface area contributed by atoms with E-state index in [0.29, 0.717) is 12.5 Å². The standard InChI is InChI=1S/C23H28N2O3/c1-17-5-4-6-19(13-17)23(26)25-11-9-18(10-12-25)14-24-15-20-16-27-21-7-2-3-8-22(21)28-20/h2-8,13,18,20,24H,9-12,14-16H2,1H3. The molecule has 0 radical (unpaired) electrons. The Morgan fingerprint density at radius 2 is 1.86 bits per heavy atom. The normalized spacial score (nSPS) is 19.5. The van der Waals surface area contributed by atoms with Crippen LogP contribution in [0.5, 0.6) is 11.5 Å². The number of benzene rings is 2. The van der Waals surface area contributed by atoms with Crippen molar-refractivity contribution in [2.45, 2.75) is 25.9 Å². The van der Waals surface area contributed by atoms with E-state index in [1.54, 1.807) is 0 Å². The lowest BCUT2D eigenvalue weighted by atomic mass is 9.96. The summed E-state index contributed by atoms with van der Waals surface area (Å²) in [5.41, 5.74) is 1.92. The number of ether oxygens (including phenoxy) is 2. The molecule has 2 heterocycles. The Kier molecular flexibility index (Phi) is 5.81. The third kappa shape index (κ3) is 4.47. The molecule has 1 fully saturated rings.